The van der Waals surface area contributed by atoms with E-state index in [4.69, 9.17) is 47.4 Å². The minimum absolute atomic E-state index is 0.228. The molecule has 0 aromatic carbocycles. The lowest BCUT2D eigenvalue weighted by Gasteiger charge is -2.47. The van der Waals surface area contributed by atoms with Crippen molar-refractivity contribution in [1.82, 2.24) is 0 Å². The Morgan fingerprint density at radius 3 is 1.58 bits per heavy atom. The summed E-state index contributed by atoms with van der Waals surface area (Å²) in [5, 5.41) is 0. The van der Waals surface area contributed by atoms with Crippen molar-refractivity contribution in [1.29, 1.82) is 0 Å². The van der Waals surface area contributed by atoms with Crippen LogP contribution in [0.4, 0.5) is 0 Å². The van der Waals surface area contributed by atoms with Crippen molar-refractivity contribution in [3.05, 3.63) is 0 Å². The highest BCUT2D eigenvalue weighted by molar-refractivity contribution is 5.75. The average Bonchev–Trinajstić information content (AvgIpc) is 3.25. The molecule has 3 rings (SSSR count). The molecule has 2 fully saturated rings. The molecule has 2 saturated heterocycles. The third kappa shape index (κ3) is 9.08. The van der Waals surface area contributed by atoms with Gasteiger partial charge in [0.2, 0.25) is 6.29 Å². The van der Waals surface area contributed by atoms with Gasteiger partial charge in [-0.05, 0) is 0 Å². The highest BCUT2D eigenvalue weighted by atomic mass is 16.8. The molecule has 17 heteroatoms. The van der Waals surface area contributed by atoms with Gasteiger partial charge in [0, 0.05) is 48.5 Å². The molecule has 0 N–H and O–H groups in total. The molecule has 0 radical (unpaired) electrons. The molecule has 240 valence electrons. The van der Waals surface area contributed by atoms with Crippen LogP contribution in [-0.4, -0.2) is 116 Å². The van der Waals surface area contributed by atoms with Crippen molar-refractivity contribution in [2.24, 2.45) is 4.99 Å². The third-order valence-corrected chi connectivity index (χ3v) is 6.22. The lowest BCUT2D eigenvalue weighted by Crippen LogP contribution is -2.66. The van der Waals surface area contributed by atoms with E-state index in [2.05, 4.69) is 4.99 Å². The van der Waals surface area contributed by atoms with Gasteiger partial charge in [0.25, 0.3) is 0 Å². The largest absolute Gasteiger partial charge is 0.463 e. The molecule has 0 bridgehead atoms. The predicted molar refractivity (Wildman–Crippen MR) is 136 cm³/mol. The summed E-state index contributed by atoms with van der Waals surface area (Å²) in [6.07, 6.45) is -12.2. The molecule has 43 heavy (non-hydrogen) atoms. The number of carbonyl (C=O) groups is 6. The van der Waals surface area contributed by atoms with Gasteiger partial charge in [-0.25, -0.2) is 4.99 Å². The Hall–Kier alpha value is -3.83. The highest BCUT2D eigenvalue weighted by Crippen LogP contribution is 2.36. The molecule has 0 aromatic heterocycles. The van der Waals surface area contributed by atoms with Crippen LogP contribution < -0.4 is 0 Å². The molecule has 10 atom stereocenters. The lowest BCUT2D eigenvalue weighted by molar-refractivity contribution is -0.344. The van der Waals surface area contributed by atoms with Crippen molar-refractivity contribution in [3.63, 3.8) is 0 Å². The Kier molecular flexibility index (Phi) is 11.4. The summed E-state index contributed by atoms with van der Waals surface area (Å²) < 4.78 is 55.9. The Morgan fingerprint density at radius 2 is 1.07 bits per heavy atom. The van der Waals surface area contributed by atoms with Gasteiger partial charge in [0.1, 0.15) is 31.5 Å². The molecule has 0 aliphatic carbocycles. The molecule has 3 heterocycles. The Labute approximate surface area is 246 Å². The molecule has 0 amide bonds. The zero-order valence-electron chi connectivity index (χ0n) is 24.7. The lowest BCUT2D eigenvalue weighted by atomic mass is 9.95. The van der Waals surface area contributed by atoms with Gasteiger partial charge in [-0.3, -0.25) is 28.8 Å². The summed E-state index contributed by atoms with van der Waals surface area (Å²) in [6, 6.07) is -0.923. The predicted octanol–water partition coefficient (Wildman–Crippen LogP) is -0.508. The van der Waals surface area contributed by atoms with Crippen LogP contribution in [0.3, 0.4) is 0 Å². The highest BCUT2D eigenvalue weighted by Gasteiger charge is 2.58. The molecule has 3 aliphatic heterocycles. The topological polar surface area (TPSA) is 207 Å². The second-order valence-electron chi connectivity index (χ2n) is 9.84. The second kappa shape index (κ2) is 14.6. The van der Waals surface area contributed by atoms with Crippen LogP contribution in [0.1, 0.15) is 48.5 Å². The van der Waals surface area contributed by atoms with E-state index in [0.29, 0.717) is 0 Å². The van der Waals surface area contributed by atoms with E-state index in [0.717, 1.165) is 34.6 Å². The van der Waals surface area contributed by atoms with Crippen molar-refractivity contribution in [2.45, 2.75) is 110 Å². The van der Waals surface area contributed by atoms with E-state index in [9.17, 15) is 28.8 Å². The first kappa shape index (κ1) is 33.7. The summed E-state index contributed by atoms with van der Waals surface area (Å²) in [5.41, 5.74) is 0. The van der Waals surface area contributed by atoms with Crippen molar-refractivity contribution in [2.75, 3.05) is 13.2 Å². The van der Waals surface area contributed by atoms with Gasteiger partial charge >= 0.3 is 35.8 Å². The number of carbonyl (C=O) groups excluding carboxylic acids is 6. The summed E-state index contributed by atoms with van der Waals surface area (Å²) in [7, 11) is 0. The van der Waals surface area contributed by atoms with Gasteiger partial charge in [-0.15, -0.1) is 0 Å². The number of aliphatic imine (C=N–C) groups is 1. The van der Waals surface area contributed by atoms with E-state index in [1.807, 2.05) is 0 Å². The van der Waals surface area contributed by atoms with Crippen molar-refractivity contribution < 1.29 is 76.1 Å². The van der Waals surface area contributed by atoms with Gasteiger partial charge in [0.05, 0.1) is 0 Å². The first-order valence-corrected chi connectivity index (χ1v) is 13.3. The fraction of sp³-hybridized carbons (Fsp3) is 0.731. The molecule has 0 spiro atoms. The SMILES string of the molecule is CC(=O)OCC1OC2OC(C)=NC2C(OC(C)=O)C1OC1OC(COC(C)=O)C(OC(C)=O)C(OC(C)=O)C1OC(C)=O. The maximum atomic E-state index is 12.2. The van der Waals surface area contributed by atoms with Crippen LogP contribution >= 0.6 is 0 Å². The number of hydrogen-bond donors (Lipinski definition) is 0. The Morgan fingerprint density at radius 1 is 0.605 bits per heavy atom. The molecular weight excluding hydrogens is 582 g/mol. The second-order valence-corrected chi connectivity index (χ2v) is 9.84. The van der Waals surface area contributed by atoms with Crippen molar-refractivity contribution >= 4 is 41.7 Å². The minimum atomic E-state index is -1.64. The third-order valence-electron chi connectivity index (χ3n) is 6.22. The molecule has 3 aliphatic rings. The van der Waals surface area contributed by atoms with Crippen molar-refractivity contribution in [3.8, 4) is 0 Å². The normalized spacial score (nSPS) is 33.0. The fourth-order valence-electron chi connectivity index (χ4n) is 4.81. The van der Waals surface area contributed by atoms with Crippen LogP contribution in [0.2, 0.25) is 0 Å². The Bertz CT molecular complexity index is 1120. The van der Waals surface area contributed by atoms with Crippen LogP contribution in [0.5, 0.6) is 0 Å². The van der Waals surface area contributed by atoms with Crippen LogP contribution in [0, 0.1) is 0 Å². The zero-order valence-corrected chi connectivity index (χ0v) is 24.7. The maximum Gasteiger partial charge on any atom is 0.303 e. The zero-order chi connectivity index (χ0) is 32.0. The van der Waals surface area contributed by atoms with Crippen LogP contribution in [0.25, 0.3) is 0 Å². The van der Waals surface area contributed by atoms with E-state index < -0.39 is 110 Å². The van der Waals surface area contributed by atoms with Gasteiger partial charge in [0.15, 0.2) is 42.6 Å². The van der Waals surface area contributed by atoms with Gasteiger partial charge in [-0.2, -0.15) is 0 Å². The molecule has 17 nitrogen and oxygen atoms in total. The van der Waals surface area contributed by atoms with E-state index in [1.165, 1.54) is 6.92 Å². The smallest absolute Gasteiger partial charge is 0.303 e. The van der Waals surface area contributed by atoms with Crippen LogP contribution in [-0.2, 0) is 76.1 Å². The number of ether oxygens (including phenoxy) is 10. The maximum absolute atomic E-state index is 12.2. The first-order chi connectivity index (χ1) is 20.2. The summed E-state index contributed by atoms with van der Waals surface area (Å²) >= 11 is 0. The quantitative estimate of drug-likeness (QED) is 0.223. The number of hydrogen-bond acceptors (Lipinski definition) is 17. The molecular formula is C26H35NO16. The van der Waals surface area contributed by atoms with E-state index in [-0.39, 0.29) is 5.90 Å². The summed E-state index contributed by atoms with van der Waals surface area (Å²) in [4.78, 5) is 76.2. The summed E-state index contributed by atoms with van der Waals surface area (Å²) in [6.45, 7) is 7.36. The van der Waals surface area contributed by atoms with E-state index in [1.54, 1.807) is 6.92 Å². The number of rotatable bonds is 10. The average molecular weight is 618 g/mol. The van der Waals surface area contributed by atoms with Gasteiger partial charge in [-0.1, -0.05) is 0 Å². The number of esters is 6. The first-order valence-electron chi connectivity index (χ1n) is 13.3. The standard InChI is InChI=1S/C26H35NO16/c1-10-27-19-22(38-14(5)31)20(17(8-34-11(2)28)41-25(19)36-10)43-26-24(40-16(7)33)23(39-15(6)32)21(37-13(4)30)18(42-26)9-35-12(3)29/h17-26H,8-9H2,1-7H3. The minimum Gasteiger partial charge on any atom is -0.463 e. The number of nitrogens with zero attached hydrogens (tertiary/aromatic N) is 1. The number of fused-ring (bicyclic) bond motifs is 1. The summed E-state index contributed by atoms with van der Waals surface area (Å²) in [5.74, 6) is -4.34. The fourth-order valence-corrected chi connectivity index (χ4v) is 4.81. The van der Waals surface area contributed by atoms with Crippen LogP contribution in [0.15, 0.2) is 4.99 Å². The van der Waals surface area contributed by atoms with E-state index >= 15 is 0 Å². The molecule has 0 saturated carbocycles. The molecule has 0 aromatic rings. The monoisotopic (exact) mass is 617 g/mol. The Balaban J connectivity index is 2.07. The molecule has 10 unspecified atom stereocenters. The van der Waals surface area contributed by atoms with Gasteiger partial charge < -0.3 is 47.4 Å².